The molecule has 2 amide bonds. The highest BCUT2D eigenvalue weighted by Crippen LogP contribution is 2.28. The number of tetrazole rings is 1. The highest BCUT2D eigenvalue weighted by atomic mass is 35.5. The van der Waals surface area contributed by atoms with Crippen LogP contribution in [0.2, 0.25) is 5.02 Å². The van der Waals surface area contributed by atoms with Gasteiger partial charge in [0.15, 0.2) is 0 Å². The number of nitrogens with one attached hydrogen (secondary N) is 2. The number of ether oxygens (including phenoxy) is 1. The van der Waals surface area contributed by atoms with Gasteiger partial charge in [0.1, 0.15) is 6.33 Å². The minimum absolute atomic E-state index is 0.00947. The average molecular weight is 617 g/mol. The molecule has 13 nitrogen and oxygen atoms in total. The van der Waals surface area contributed by atoms with Crippen LogP contribution in [-0.2, 0) is 25.5 Å². The van der Waals surface area contributed by atoms with Crippen LogP contribution in [0.1, 0.15) is 36.2 Å². The summed E-state index contributed by atoms with van der Waals surface area (Å²) in [6.07, 6.45) is 5.03. The van der Waals surface area contributed by atoms with Gasteiger partial charge in [-0.05, 0) is 64.2 Å². The summed E-state index contributed by atoms with van der Waals surface area (Å²) >= 11 is 6.21. The number of H-pyrrole nitrogens is 1. The molecule has 5 rings (SSSR count). The number of likely N-dealkylation sites (tertiary alicyclic amines) is 1. The minimum Gasteiger partial charge on any atom is -0.469 e. The zero-order valence-corrected chi connectivity index (χ0v) is 24.7. The molecule has 1 fully saturated rings. The SMILES string of the molecule is COC(=O)Cc1ccc(-c2cc([C@H](CC3CN(C(C)=O)C3)NC(=O)/C=C/c3cc(Cl)ccc3-n3cnnn3)n[nH]c2=O)cc1. The number of aromatic amines is 1. The lowest BCUT2D eigenvalue weighted by Crippen LogP contribution is -2.50. The first-order chi connectivity index (χ1) is 21.2. The van der Waals surface area contributed by atoms with Crippen LogP contribution in [0, 0.1) is 5.92 Å². The van der Waals surface area contributed by atoms with E-state index in [4.69, 9.17) is 16.3 Å². The first-order valence-electron chi connectivity index (χ1n) is 13.7. The molecule has 0 radical (unpaired) electrons. The van der Waals surface area contributed by atoms with Crippen molar-refractivity contribution in [3.05, 3.63) is 93.1 Å². The van der Waals surface area contributed by atoms with Crippen molar-refractivity contribution in [3.8, 4) is 16.8 Å². The van der Waals surface area contributed by atoms with Crippen molar-refractivity contribution in [1.29, 1.82) is 0 Å². The molecule has 0 unspecified atom stereocenters. The number of halogens is 1. The van der Waals surface area contributed by atoms with Crippen LogP contribution >= 0.6 is 11.6 Å². The molecule has 1 aliphatic heterocycles. The normalized spacial score (nSPS) is 13.8. The Morgan fingerprint density at radius 2 is 1.93 bits per heavy atom. The summed E-state index contributed by atoms with van der Waals surface area (Å²) in [7, 11) is 1.33. The van der Waals surface area contributed by atoms with E-state index in [0.29, 0.717) is 52.6 Å². The molecule has 1 aliphatic rings. The molecule has 1 atom stereocenters. The van der Waals surface area contributed by atoms with Crippen molar-refractivity contribution in [3.63, 3.8) is 0 Å². The van der Waals surface area contributed by atoms with E-state index in [0.717, 1.165) is 5.56 Å². The molecule has 1 saturated heterocycles. The number of hydrogen-bond donors (Lipinski definition) is 2. The van der Waals surface area contributed by atoms with E-state index >= 15 is 0 Å². The van der Waals surface area contributed by atoms with Gasteiger partial charge in [-0.15, -0.1) is 5.10 Å². The van der Waals surface area contributed by atoms with Gasteiger partial charge in [0.25, 0.3) is 5.56 Å². The van der Waals surface area contributed by atoms with Crippen LogP contribution in [0.4, 0.5) is 0 Å². The molecule has 226 valence electrons. The number of hydrogen-bond acceptors (Lipinski definition) is 9. The number of aromatic nitrogens is 6. The largest absolute Gasteiger partial charge is 0.469 e. The van der Waals surface area contributed by atoms with Gasteiger partial charge < -0.3 is 15.0 Å². The van der Waals surface area contributed by atoms with Gasteiger partial charge in [0.2, 0.25) is 11.8 Å². The summed E-state index contributed by atoms with van der Waals surface area (Å²) in [6, 6.07) is 13.2. The Hall–Kier alpha value is -5.17. The lowest BCUT2D eigenvalue weighted by atomic mass is 9.90. The zero-order valence-electron chi connectivity index (χ0n) is 23.9. The second kappa shape index (κ2) is 13.4. The Bertz CT molecular complexity index is 1750. The van der Waals surface area contributed by atoms with Crippen molar-refractivity contribution in [1.82, 2.24) is 40.6 Å². The van der Waals surface area contributed by atoms with Gasteiger partial charge in [-0.25, -0.2) is 5.10 Å². The summed E-state index contributed by atoms with van der Waals surface area (Å²) in [4.78, 5) is 51.1. The zero-order chi connectivity index (χ0) is 31.2. The smallest absolute Gasteiger partial charge is 0.309 e. The predicted molar refractivity (Wildman–Crippen MR) is 160 cm³/mol. The summed E-state index contributed by atoms with van der Waals surface area (Å²) in [5, 5.41) is 21.5. The number of esters is 1. The van der Waals surface area contributed by atoms with Crippen LogP contribution in [0.25, 0.3) is 22.9 Å². The Labute approximate surface area is 256 Å². The number of benzene rings is 2. The molecule has 0 spiro atoms. The van der Waals surface area contributed by atoms with Gasteiger partial charge in [-0.2, -0.15) is 9.78 Å². The maximum Gasteiger partial charge on any atom is 0.309 e. The highest BCUT2D eigenvalue weighted by Gasteiger charge is 2.32. The number of nitrogens with zero attached hydrogens (tertiary/aromatic N) is 6. The lowest BCUT2D eigenvalue weighted by molar-refractivity contribution is -0.139. The van der Waals surface area contributed by atoms with E-state index < -0.39 is 17.5 Å². The number of rotatable bonds is 10. The maximum absolute atomic E-state index is 13.2. The van der Waals surface area contributed by atoms with E-state index in [1.807, 2.05) is 0 Å². The molecule has 3 heterocycles. The first kappa shape index (κ1) is 30.3. The molecule has 0 saturated carbocycles. The quantitative estimate of drug-likeness (QED) is 0.201. The van der Waals surface area contributed by atoms with Crippen molar-refractivity contribution in [2.45, 2.75) is 25.8 Å². The van der Waals surface area contributed by atoms with Gasteiger partial charge in [0, 0.05) is 36.7 Å². The van der Waals surface area contributed by atoms with Crippen molar-refractivity contribution in [2.24, 2.45) is 5.92 Å². The molecular formula is C30H29ClN8O5. The fraction of sp³-hybridized carbons (Fsp3) is 0.267. The fourth-order valence-electron chi connectivity index (χ4n) is 4.94. The van der Waals surface area contributed by atoms with E-state index in [2.05, 4.69) is 31.0 Å². The monoisotopic (exact) mass is 616 g/mol. The van der Waals surface area contributed by atoms with Crippen LogP contribution in [0.15, 0.2) is 65.7 Å². The van der Waals surface area contributed by atoms with E-state index in [1.165, 1.54) is 31.1 Å². The van der Waals surface area contributed by atoms with Crippen molar-refractivity contribution < 1.29 is 19.1 Å². The molecule has 14 heteroatoms. The van der Waals surface area contributed by atoms with Crippen LogP contribution in [0.3, 0.4) is 0 Å². The third-order valence-electron chi connectivity index (χ3n) is 7.31. The molecule has 2 aromatic heterocycles. The maximum atomic E-state index is 13.2. The van der Waals surface area contributed by atoms with Gasteiger partial charge in [-0.1, -0.05) is 35.9 Å². The second-order valence-electron chi connectivity index (χ2n) is 10.4. The molecule has 2 N–H and O–H groups in total. The third kappa shape index (κ3) is 7.24. The number of carbonyl (C=O) groups excluding carboxylic acids is 3. The predicted octanol–water partition coefficient (Wildman–Crippen LogP) is 2.52. The van der Waals surface area contributed by atoms with Gasteiger partial charge in [-0.3, -0.25) is 19.2 Å². The fourth-order valence-corrected chi connectivity index (χ4v) is 5.12. The van der Waals surface area contributed by atoms with Crippen molar-refractivity contribution >= 4 is 35.5 Å². The third-order valence-corrected chi connectivity index (χ3v) is 7.54. The lowest BCUT2D eigenvalue weighted by Gasteiger charge is -2.40. The minimum atomic E-state index is -0.571. The Morgan fingerprint density at radius 1 is 1.16 bits per heavy atom. The average Bonchev–Trinajstić information content (AvgIpc) is 3.52. The summed E-state index contributed by atoms with van der Waals surface area (Å²) in [5.74, 6) is -0.648. The van der Waals surface area contributed by atoms with E-state index in [1.54, 1.807) is 59.5 Å². The standard InChI is InChI=1S/C30H29ClN8O5/c1-18(40)38-15-20(16-38)11-25(33-28(41)10-7-22-13-23(31)8-9-27(22)39-17-32-36-37-39)26-14-24(30(43)35-34-26)21-5-3-19(4-6-21)12-29(42)44-2/h3-10,13-14,17,20,25H,11-12,15-16H2,1-2H3,(H,33,41)(H,35,43)/b10-7+/t25-/m0/s1. The summed E-state index contributed by atoms with van der Waals surface area (Å²) in [5.41, 5.74) is 3.02. The van der Waals surface area contributed by atoms with Crippen LogP contribution in [-0.4, -0.2) is 73.3 Å². The van der Waals surface area contributed by atoms with Gasteiger partial charge >= 0.3 is 5.97 Å². The molecule has 0 bridgehead atoms. The molecule has 0 aliphatic carbocycles. The molecule has 44 heavy (non-hydrogen) atoms. The Kier molecular flexibility index (Phi) is 9.24. The van der Waals surface area contributed by atoms with Crippen LogP contribution < -0.4 is 10.9 Å². The van der Waals surface area contributed by atoms with E-state index in [-0.39, 0.29) is 24.2 Å². The number of methoxy groups -OCH3 is 1. The molecule has 4 aromatic rings. The second-order valence-corrected chi connectivity index (χ2v) is 10.8. The highest BCUT2D eigenvalue weighted by molar-refractivity contribution is 6.30. The van der Waals surface area contributed by atoms with Gasteiger partial charge in [0.05, 0.1) is 36.5 Å². The number of amides is 2. The van der Waals surface area contributed by atoms with Crippen molar-refractivity contribution in [2.75, 3.05) is 20.2 Å². The first-order valence-corrected chi connectivity index (χ1v) is 14.1. The Balaban J connectivity index is 1.39. The topological polar surface area (TPSA) is 165 Å². The van der Waals surface area contributed by atoms with E-state index in [9.17, 15) is 19.2 Å². The molecule has 2 aromatic carbocycles. The summed E-state index contributed by atoms with van der Waals surface area (Å²) < 4.78 is 6.18. The van der Waals surface area contributed by atoms with Crippen LogP contribution in [0.5, 0.6) is 0 Å². The molecular weight excluding hydrogens is 588 g/mol. The Morgan fingerprint density at radius 3 is 2.61 bits per heavy atom. The summed E-state index contributed by atoms with van der Waals surface area (Å²) in [6.45, 7) is 2.65. The number of carbonyl (C=O) groups is 3.